The van der Waals surface area contributed by atoms with Gasteiger partial charge in [0, 0.05) is 43.2 Å². The maximum Gasteiger partial charge on any atom is 0.433 e. The number of methoxy groups -OCH3 is 1. The van der Waals surface area contributed by atoms with Gasteiger partial charge in [-0.15, -0.1) is 0 Å². The van der Waals surface area contributed by atoms with Crippen LogP contribution in [0, 0.1) is 24.6 Å². The highest BCUT2D eigenvalue weighted by molar-refractivity contribution is 5.94. The zero-order valence-electron chi connectivity index (χ0n) is 21.6. The number of benzene rings is 1. The van der Waals surface area contributed by atoms with E-state index in [1.54, 1.807) is 12.0 Å². The lowest BCUT2D eigenvalue weighted by atomic mass is 9.88. The third-order valence-corrected chi connectivity index (χ3v) is 6.87. The number of halogens is 4. The number of likely N-dealkylation sites (tertiary alicyclic amines) is 1. The fourth-order valence-corrected chi connectivity index (χ4v) is 5.17. The van der Waals surface area contributed by atoms with Crippen LogP contribution in [0.15, 0.2) is 29.1 Å². The number of nitrogens with zero attached hydrogens (tertiary/aromatic N) is 3. The van der Waals surface area contributed by atoms with Gasteiger partial charge in [-0.3, -0.25) is 9.59 Å². The highest BCUT2D eigenvalue weighted by atomic mass is 19.4. The molecular formula is C26H29F4N5O3. The van der Waals surface area contributed by atoms with Crippen molar-refractivity contribution < 1.29 is 27.1 Å². The van der Waals surface area contributed by atoms with Gasteiger partial charge in [0.2, 0.25) is 0 Å². The molecule has 0 saturated carbocycles. The molecule has 0 bridgehead atoms. The molecule has 3 heterocycles. The van der Waals surface area contributed by atoms with Gasteiger partial charge in [-0.25, -0.2) is 14.4 Å². The van der Waals surface area contributed by atoms with Crippen molar-refractivity contribution in [2.45, 2.75) is 46.0 Å². The number of aromatic amines is 1. The monoisotopic (exact) mass is 535 g/mol. The van der Waals surface area contributed by atoms with E-state index in [2.05, 4.69) is 20.3 Å². The molecule has 4 atom stereocenters. The number of aromatic nitrogens is 3. The van der Waals surface area contributed by atoms with E-state index >= 15 is 4.39 Å². The van der Waals surface area contributed by atoms with Gasteiger partial charge < -0.3 is 19.9 Å². The van der Waals surface area contributed by atoms with Crippen molar-refractivity contribution in [3.05, 3.63) is 63.1 Å². The van der Waals surface area contributed by atoms with Crippen LogP contribution in [0.5, 0.6) is 0 Å². The number of carbonyl (C=O) groups excluding carboxylic acids is 1. The van der Waals surface area contributed by atoms with Crippen molar-refractivity contribution in [3.8, 4) is 0 Å². The van der Waals surface area contributed by atoms with Crippen LogP contribution in [-0.2, 0) is 10.9 Å². The Morgan fingerprint density at radius 1 is 1.18 bits per heavy atom. The number of pyridine rings is 1. The van der Waals surface area contributed by atoms with E-state index in [0.29, 0.717) is 13.1 Å². The minimum absolute atomic E-state index is 0.0189. The summed E-state index contributed by atoms with van der Waals surface area (Å²) in [6.07, 6.45) is -4.82. The predicted octanol–water partition coefficient (Wildman–Crippen LogP) is 4.70. The van der Waals surface area contributed by atoms with Crippen molar-refractivity contribution in [1.29, 1.82) is 0 Å². The van der Waals surface area contributed by atoms with Gasteiger partial charge in [-0.05, 0) is 38.1 Å². The van der Waals surface area contributed by atoms with Crippen molar-refractivity contribution in [2.24, 2.45) is 11.8 Å². The van der Waals surface area contributed by atoms with Crippen LogP contribution in [0.3, 0.4) is 0 Å². The largest absolute Gasteiger partial charge is 0.433 e. The zero-order valence-corrected chi connectivity index (χ0v) is 21.6. The van der Waals surface area contributed by atoms with Crippen molar-refractivity contribution >= 4 is 22.6 Å². The molecule has 12 heteroatoms. The van der Waals surface area contributed by atoms with Crippen LogP contribution < -0.4 is 10.9 Å². The Kier molecular flexibility index (Phi) is 7.46. The number of anilines is 1. The molecule has 2 aromatic heterocycles. The van der Waals surface area contributed by atoms with Crippen LogP contribution in [0.1, 0.15) is 54.3 Å². The third kappa shape index (κ3) is 5.35. The minimum atomic E-state index is -4.84. The zero-order chi connectivity index (χ0) is 27.9. The van der Waals surface area contributed by atoms with Crippen LogP contribution >= 0.6 is 0 Å². The number of nitrogens with one attached hydrogen (secondary N) is 2. The molecule has 0 spiro atoms. The molecule has 3 aromatic rings. The van der Waals surface area contributed by atoms with Crippen LogP contribution in [0.4, 0.5) is 23.2 Å². The molecular weight excluding hydrogens is 506 g/mol. The summed E-state index contributed by atoms with van der Waals surface area (Å²) in [7, 11) is 1.64. The first kappa shape index (κ1) is 27.5. The molecule has 0 aliphatic carbocycles. The Hall–Kier alpha value is -3.54. The smallest absolute Gasteiger partial charge is 0.381 e. The molecule has 1 aliphatic rings. The van der Waals surface area contributed by atoms with E-state index in [9.17, 15) is 22.8 Å². The van der Waals surface area contributed by atoms with Crippen molar-refractivity contribution in [3.63, 3.8) is 0 Å². The molecule has 1 unspecified atom stereocenters. The van der Waals surface area contributed by atoms with Gasteiger partial charge in [0.15, 0.2) is 11.3 Å². The summed E-state index contributed by atoms with van der Waals surface area (Å²) in [5, 5.41) is 2.60. The average molecular weight is 536 g/mol. The fraction of sp³-hybridized carbons (Fsp3) is 0.462. The van der Waals surface area contributed by atoms with Crippen molar-refractivity contribution in [2.75, 3.05) is 25.5 Å². The molecule has 1 aliphatic heterocycles. The van der Waals surface area contributed by atoms with Crippen LogP contribution in [0.25, 0.3) is 11.0 Å². The first-order chi connectivity index (χ1) is 17.8. The molecule has 2 N–H and O–H groups in total. The number of aryl methyl sites for hydroxylation is 1. The van der Waals surface area contributed by atoms with Gasteiger partial charge in [0.05, 0.1) is 23.2 Å². The summed E-state index contributed by atoms with van der Waals surface area (Å²) >= 11 is 0. The molecule has 1 saturated heterocycles. The lowest BCUT2D eigenvalue weighted by Gasteiger charge is -2.40. The summed E-state index contributed by atoms with van der Waals surface area (Å²) in [5.41, 5.74) is -2.50. The Balaban J connectivity index is 1.60. The predicted molar refractivity (Wildman–Crippen MR) is 133 cm³/mol. The topological polar surface area (TPSA) is 100 Å². The van der Waals surface area contributed by atoms with Crippen LogP contribution in [-0.4, -0.2) is 52.1 Å². The second-order valence-electron chi connectivity index (χ2n) is 9.87. The Morgan fingerprint density at radius 2 is 1.84 bits per heavy atom. The van der Waals surface area contributed by atoms with Gasteiger partial charge >= 0.3 is 6.18 Å². The lowest BCUT2D eigenvalue weighted by Crippen LogP contribution is -2.50. The maximum absolute atomic E-state index is 15.1. The number of fused-ring (bicyclic) bond motifs is 1. The van der Waals surface area contributed by atoms with E-state index in [-0.39, 0.29) is 57.5 Å². The number of ether oxygens (including phenoxy) is 1. The Bertz CT molecular complexity index is 1410. The van der Waals surface area contributed by atoms with E-state index in [4.69, 9.17) is 4.74 Å². The summed E-state index contributed by atoms with van der Waals surface area (Å²) < 4.78 is 62.1. The number of H-pyrrole nitrogens is 1. The van der Waals surface area contributed by atoms with Crippen LogP contribution in [0.2, 0.25) is 0 Å². The molecule has 38 heavy (non-hydrogen) atoms. The highest BCUT2D eigenvalue weighted by Crippen LogP contribution is 2.36. The summed E-state index contributed by atoms with van der Waals surface area (Å²) in [5.74, 6) is -0.802. The number of piperidine rings is 1. The second kappa shape index (κ2) is 10.3. The summed E-state index contributed by atoms with van der Waals surface area (Å²) in [6.45, 7) is 7.73. The molecule has 0 radical (unpaired) electrons. The lowest BCUT2D eigenvalue weighted by molar-refractivity contribution is -0.141. The van der Waals surface area contributed by atoms with Gasteiger partial charge in [0.25, 0.3) is 11.5 Å². The number of amides is 1. The number of rotatable bonds is 5. The number of hydrogen-bond acceptors (Lipinski definition) is 6. The average Bonchev–Trinajstić information content (AvgIpc) is 2.83. The number of carbonyl (C=O) groups is 1. The van der Waals surface area contributed by atoms with Gasteiger partial charge in [0.1, 0.15) is 11.6 Å². The standard InChI is InChI=1S/C26H29F4N5O3/c1-12-10-35(11-13(2)21(12)38-5)25(37)16-6-7-20(19(27)8-16)31-14(3)17-9-18-23(32-15(4)33-24(18)36)34-22(17)26(28,29)30/h6-9,12-14,21,31H,10-11H2,1-5H3,(H,32,33,34,36)/t12-,13+,14-,21?/m0/s1. The Morgan fingerprint density at radius 3 is 2.42 bits per heavy atom. The number of alkyl halides is 3. The van der Waals surface area contributed by atoms with Gasteiger partial charge in [-0.2, -0.15) is 13.2 Å². The fourth-order valence-electron chi connectivity index (χ4n) is 5.17. The SMILES string of the molecule is COC1[C@H](C)CN(C(=O)c2ccc(N[C@@H](C)c3cc4c(=O)[nH]c(C)nc4nc3C(F)(F)F)c(F)c2)C[C@@H]1C. The first-order valence-corrected chi connectivity index (χ1v) is 12.2. The molecule has 1 amide bonds. The molecule has 204 valence electrons. The van der Waals surface area contributed by atoms with Gasteiger partial charge in [-0.1, -0.05) is 13.8 Å². The molecule has 1 fully saturated rings. The van der Waals surface area contributed by atoms with E-state index in [1.165, 1.54) is 26.0 Å². The van der Waals surface area contributed by atoms with E-state index < -0.39 is 29.3 Å². The maximum atomic E-state index is 15.1. The summed E-state index contributed by atoms with van der Waals surface area (Å²) in [4.78, 5) is 37.0. The number of hydrogen-bond donors (Lipinski definition) is 2. The second-order valence-corrected chi connectivity index (χ2v) is 9.87. The summed E-state index contributed by atoms with van der Waals surface area (Å²) in [6, 6.07) is 3.79. The first-order valence-electron chi connectivity index (χ1n) is 12.2. The third-order valence-electron chi connectivity index (χ3n) is 6.87. The van der Waals surface area contributed by atoms with E-state index in [0.717, 1.165) is 12.1 Å². The quantitative estimate of drug-likeness (QED) is 0.460. The normalized spacial score (nSPS) is 21.0. The Labute approximate surface area is 216 Å². The molecule has 4 rings (SSSR count). The molecule has 1 aromatic carbocycles. The highest BCUT2D eigenvalue weighted by Gasteiger charge is 2.38. The molecule has 8 nitrogen and oxygen atoms in total. The minimum Gasteiger partial charge on any atom is -0.381 e. The van der Waals surface area contributed by atoms with E-state index in [1.807, 2.05) is 13.8 Å². The van der Waals surface area contributed by atoms with Crippen molar-refractivity contribution in [1.82, 2.24) is 19.9 Å².